The smallest absolute Gasteiger partial charge is 0.240 e. The molecule has 28 heavy (non-hydrogen) atoms. The molecule has 2 aliphatic rings. The highest BCUT2D eigenvalue weighted by Gasteiger charge is 2.29. The van der Waals surface area contributed by atoms with Crippen molar-refractivity contribution in [2.75, 3.05) is 26.4 Å². The third-order valence-corrected chi connectivity index (χ3v) is 6.79. The van der Waals surface area contributed by atoms with Crippen molar-refractivity contribution in [3.8, 4) is 11.5 Å². The lowest BCUT2D eigenvalue weighted by atomic mass is 10.0. The van der Waals surface area contributed by atoms with Crippen molar-refractivity contribution in [2.24, 2.45) is 0 Å². The molecule has 1 N–H and O–H groups in total. The Labute approximate surface area is 168 Å². The number of ether oxygens (including phenoxy) is 2. The maximum Gasteiger partial charge on any atom is 0.240 e. The molecule has 0 aromatic heterocycles. The van der Waals surface area contributed by atoms with E-state index < -0.39 is 21.9 Å². The van der Waals surface area contributed by atoms with Crippen LogP contribution in [-0.4, -0.2) is 39.7 Å². The van der Waals surface area contributed by atoms with Gasteiger partial charge in [-0.05, 0) is 50.2 Å². The topological polar surface area (TPSA) is 67.9 Å². The summed E-state index contributed by atoms with van der Waals surface area (Å²) in [5, 5.41) is 0.291. The van der Waals surface area contributed by atoms with Crippen molar-refractivity contribution in [1.82, 2.24) is 9.62 Å². The van der Waals surface area contributed by atoms with E-state index in [4.69, 9.17) is 21.1 Å². The summed E-state index contributed by atoms with van der Waals surface area (Å²) in [5.74, 6) is 0.454. The fourth-order valence-corrected chi connectivity index (χ4v) is 4.95. The molecule has 150 valence electrons. The second-order valence-corrected chi connectivity index (χ2v) is 8.94. The van der Waals surface area contributed by atoms with Crippen LogP contribution >= 0.6 is 11.6 Å². The number of halogens is 2. The summed E-state index contributed by atoms with van der Waals surface area (Å²) in [6.07, 6.45) is 1.97. The number of rotatable bonds is 6. The van der Waals surface area contributed by atoms with Crippen molar-refractivity contribution in [2.45, 2.75) is 23.8 Å². The highest BCUT2D eigenvalue weighted by molar-refractivity contribution is 7.89. The van der Waals surface area contributed by atoms with E-state index in [-0.39, 0.29) is 18.2 Å². The summed E-state index contributed by atoms with van der Waals surface area (Å²) in [4.78, 5) is 2.13. The van der Waals surface area contributed by atoms with Crippen molar-refractivity contribution in [3.63, 3.8) is 0 Å². The number of nitrogens with one attached hydrogen (secondary N) is 1. The predicted octanol–water partition coefficient (Wildman–Crippen LogP) is 3.32. The first-order chi connectivity index (χ1) is 13.5. The van der Waals surface area contributed by atoms with Gasteiger partial charge < -0.3 is 9.47 Å². The van der Waals surface area contributed by atoms with E-state index in [9.17, 15) is 12.8 Å². The summed E-state index contributed by atoms with van der Waals surface area (Å²) < 4.78 is 53.2. The van der Waals surface area contributed by atoms with Crippen molar-refractivity contribution in [3.05, 3.63) is 52.8 Å². The minimum absolute atomic E-state index is 0.0113. The Balaban J connectivity index is 1.59. The lowest BCUT2D eigenvalue weighted by Crippen LogP contribution is -2.37. The maximum absolute atomic E-state index is 14.5. The summed E-state index contributed by atoms with van der Waals surface area (Å²) in [7, 11) is -3.82. The van der Waals surface area contributed by atoms with Gasteiger partial charge in [0.2, 0.25) is 16.8 Å². The molecule has 2 aliphatic heterocycles. The minimum atomic E-state index is -3.82. The fraction of sp³-hybridized carbons (Fsp3) is 0.368. The molecule has 4 rings (SSSR count). The normalized spacial score (nSPS) is 17.8. The van der Waals surface area contributed by atoms with Gasteiger partial charge in [-0.1, -0.05) is 17.7 Å². The number of sulfonamides is 1. The van der Waals surface area contributed by atoms with Crippen molar-refractivity contribution in [1.29, 1.82) is 0 Å². The van der Waals surface area contributed by atoms with Gasteiger partial charge in [0.1, 0.15) is 5.82 Å². The molecule has 0 spiro atoms. The van der Waals surface area contributed by atoms with Gasteiger partial charge in [-0.15, -0.1) is 0 Å². The summed E-state index contributed by atoms with van der Waals surface area (Å²) in [5.41, 5.74) is 0.319. The molecule has 1 unspecified atom stereocenters. The molecule has 1 fully saturated rings. The SMILES string of the molecule is O=S(=O)(NCC(c1c(F)cccc1Cl)N1CCCC1)c1ccc2c(c1)OCO2. The molecule has 0 radical (unpaired) electrons. The van der Waals surface area contributed by atoms with Crippen LogP contribution in [0.25, 0.3) is 0 Å². The average molecular weight is 427 g/mol. The van der Waals surface area contributed by atoms with Crippen LogP contribution in [0.1, 0.15) is 24.4 Å². The lowest BCUT2D eigenvalue weighted by molar-refractivity contribution is 0.174. The standard InChI is InChI=1S/C19H20ClFN2O4S/c20-14-4-3-5-15(21)19(14)16(23-8-1-2-9-23)11-22-28(24,25)13-6-7-17-18(10-13)27-12-26-17/h3-7,10,16,22H,1-2,8-9,11-12H2. The van der Waals surface area contributed by atoms with Gasteiger partial charge in [-0.3, -0.25) is 4.90 Å². The molecular formula is C19H20ClFN2O4S. The van der Waals surface area contributed by atoms with Crippen molar-refractivity contribution >= 4 is 21.6 Å². The Hall–Kier alpha value is -1.87. The van der Waals surface area contributed by atoms with E-state index in [2.05, 4.69) is 9.62 Å². The molecule has 0 saturated carbocycles. The molecule has 6 nitrogen and oxygen atoms in total. The quantitative estimate of drug-likeness (QED) is 0.767. The number of likely N-dealkylation sites (tertiary alicyclic amines) is 1. The van der Waals surface area contributed by atoms with Crippen LogP contribution < -0.4 is 14.2 Å². The Morgan fingerprint density at radius 3 is 2.64 bits per heavy atom. The molecule has 0 aliphatic carbocycles. The highest BCUT2D eigenvalue weighted by atomic mass is 35.5. The molecule has 1 atom stereocenters. The Morgan fingerprint density at radius 1 is 1.14 bits per heavy atom. The summed E-state index contributed by atoms with van der Waals surface area (Å²) >= 11 is 6.26. The van der Waals surface area contributed by atoms with Crippen molar-refractivity contribution < 1.29 is 22.3 Å². The zero-order chi connectivity index (χ0) is 19.7. The van der Waals surface area contributed by atoms with Crippen LogP contribution in [0, 0.1) is 5.82 Å². The molecular weight excluding hydrogens is 407 g/mol. The minimum Gasteiger partial charge on any atom is -0.454 e. The monoisotopic (exact) mass is 426 g/mol. The lowest BCUT2D eigenvalue weighted by Gasteiger charge is -2.29. The second-order valence-electron chi connectivity index (χ2n) is 6.76. The average Bonchev–Trinajstić information content (AvgIpc) is 3.34. The van der Waals surface area contributed by atoms with Gasteiger partial charge in [0.05, 0.1) is 10.9 Å². The van der Waals surface area contributed by atoms with E-state index in [1.54, 1.807) is 18.2 Å². The summed E-state index contributed by atoms with van der Waals surface area (Å²) in [6.45, 7) is 1.61. The summed E-state index contributed by atoms with van der Waals surface area (Å²) in [6, 6.07) is 8.45. The zero-order valence-corrected chi connectivity index (χ0v) is 16.6. The Bertz CT molecular complexity index is 960. The fourth-order valence-electron chi connectivity index (χ4n) is 3.61. The molecule has 2 heterocycles. The molecule has 1 saturated heterocycles. The van der Waals surface area contributed by atoms with E-state index >= 15 is 0 Å². The number of nitrogens with zero attached hydrogens (tertiary/aromatic N) is 1. The Morgan fingerprint density at radius 2 is 1.89 bits per heavy atom. The molecule has 2 aromatic carbocycles. The molecule has 0 amide bonds. The van der Waals surface area contributed by atoms with Gasteiger partial charge in [-0.2, -0.15) is 0 Å². The van der Waals surface area contributed by atoms with Crippen LogP contribution in [0.2, 0.25) is 5.02 Å². The first-order valence-corrected chi connectivity index (χ1v) is 10.9. The molecule has 0 bridgehead atoms. The Kier molecular flexibility index (Phi) is 5.46. The largest absolute Gasteiger partial charge is 0.454 e. The highest BCUT2D eigenvalue weighted by Crippen LogP contribution is 2.35. The van der Waals surface area contributed by atoms with Gasteiger partial charge in [0.15, 0.2) is 11.5 Å². The first kappa shape index (κ1) is 19.4. The van der Waals surface area contributed by atoms with E-state index in [1.807, 2.05) is 0 Å². The maximum atomic E-state index is 14.5. The first-order valence-electron chi connectivity index (χ1n) is 9.03. The molecule has 9 heteroatoms. The predicted molar refractivity (Wildman–Crippen MR) is 103 cm³/mol. The van der Waals surface area contributed by atoms with Gasteiger partial charge in [0.25, 0.3) is 0 Å². The van der Waals surface area contributed by atoms with Crippen LogP contribution in [0.4, 0.5) is 4.39 Å². The zero-order valence-electron chi connectivity index (χ0n) is 15.0. The number of fused-ring (bicyclic) bond motifs is 1. The second kappa shape index (κ2) is 7.87. The third-order valence-electron chi connectivity index (χ3n) is 5.04. The van der Waals surface area contributed by atoms with E-state index in [1.165, 1.54) is 18.2 Å². The number of hydrogen-bond acceptors (Lipinski definition) is 5. The van der Waals surface area contributed by atoms with Crippen LogP contribution in [0.15, 0.2) is 41.3 Å². The van der Waals surface area contributed by atoms with Crippen LogP contribution in [0.3, 0.4) is 0 Å². The third kappa shape index (κ3) is 3.82. The van der Waals surface area contributed by atoms with Crippen LogP contribution in [0.5, 0.6) is 11.5 Å². The number of hydrogen-bond donors (Lipinski definition) is 1. The molecule has 2 aromatic rings. The van der Waals surface area contributed by atoms with Gasteiger partial charge in [0, 0.05) is 23.2 Å². The van der Waals surface area contributed by atoms with Gasteiger partial charge in [-0.25, -0.2) is 17.5 Å². The van der Waals surface area contributed by atoms with E-state index in [0.717, 1.165) is 25.9 Å². The van der Waals surface area contributed by atoms with E-state index in [0.29, 0.717) is 22.1 Å². The number of benzene rings is 2. The van der Waals surface area contributed by atoms with Gasteiger partial charge >= 0.3 is 0 Å². The van der Waals surface area contributed by atoms with Crippen LogP contribution in [-0.2, 0) is 10.0 Å².